The van der Waals surface area contributed by atoms with Crippen LogP contribution in [0.2, 0.25) is 0 Å². The maximum atomic E-state index is 10.6. The van der Waals surface area contributed by atoms with Crippen LogP contribution in [0.25, 0.3) is 0 Å². The predicted molar refractivity (Wildman–Crippen MR) is 61.4 cm³/mol. The molecule has 5 N–H and O–H groups in total. The quantitative estimate of drug-likeness (QED) is 0.494. The van der Waals surface area contributed by atoms with Crippen LogP contribution < -0.4 is 11.5 Å². The third-order valence-electron chi connectivity index (χ3n) is 2.19. The van der Waals surface area contributed by atoms with Crippen molar-refractivity contribution >= 4 is 5.97 Å². The van der Waals surface area contributed by atoms with Gasteiger partial charge in [-0.05, 0) is 17.5 Å². The molecule has 16 heavy (non-hydrogen) atoms. The molecule has 1 aromatic carbocycles. The molecule has 1 rings (SSSR count). The van der Waals surface area contributed by atoms with Gasteiger partial charge in [-0.2, -0.15) is 0 Å². The van der Waals surface area contributed by atoms with Gasteiger partial charge < -0.3 is 16.6 Å². The van der Waals surface area contributed by atoms with Gasteiger partial charge in [-0.3, -0.25) is 4.79 Å². The molecule has 84 valence electrons. The molecule has 0 aliphatic heterocycles. The summed E-state index contributed by atoms with van der Waals surface area (Å²) in [5.41, 5.74) is 12.4. The van der Waals surface area contributed by atoms with Gasteiger partial charge >= 0.3 is 5.97 Å². The highest BCUT2D eigenvalue weighted by atomic mass is 16.4. The number of carboxylic acids is 1. The number of benzene rings is 1. The highest BCUT2D eigenvalue weighted by Gasteiger charge is 2.11. The Kier molecular flexibility index (Phi) is 4.37. The Morgan fingerprint density at radius 2 is 1.88 bits per heavy atom. The van der Waals surface area contributed by atoms with Gasteiger partial charge in [0.05, 0.1) is 0 Å². The van der Waals surface area contributed by atoms with Crippen molar-refractivity contribution in [3.05, 3.63) is 35.4 Å². The van der Waals surface area contributed by atoms with E-state index in [1.54, 1.807) is 0 Å². The molecular weight excluding hydrogens is 204 g/mol. The molecule has 0 amide bonds. The Bertz CT molecular complexity index is 415. The standard InChI is InChI=1S/C12H14N2O2/c13-7-1-2-9-3-5-10(6-4-9)8-11(14)12(15)16/h3-6,11H,2,8,13-14H2,(H,15,16)/t11-/m0/s1. The lowest BCUT2D eigenvalue weighted by molar-refractivity contribution is -0.138. The van der Waals surface area contributed by atoms with Crippen molar-refractivity contribution in [2.45, 2.75) is 18.9 Å². The van der Waals surface area contributed by atoms with Crippen LogP contribution in [0.3, 0.4) is 0 Å². The molecule has 0 aliphatic carbocycles. The number of hydrogen-bond donors (Lipinski definition) is 3. The van der Waals surface area contributed by atoms with Gasteiger partial charge in [0.1, 0.15) is 6.04 Å². The monoisotopic (exact) mass is 218 g/mol. The summed E-state index contributed by atoms with van der Waals surface area (Å²) in [7, 11) is 0. The largest absolute Gasteiger partial charge is 0.480 e. The van der Waals surface area contributed by atoms with Crippen LogP contribution in [-0.4, -0.2) is 17.1 Å². The fourth-order valence-corrected chi connectivity index (χ4v) is 1.29. The van der Waals surface area contributed by atoms with E-state index < -0.39 is 12.0 Å². The number of hydrogen-bond acceptors (Lipinski definition) is 3. The third kappa shape index (κ3) is 3.64. The Balaban J connectivity index is 2.63. The highest BCUT2D eigenvalue weighted by molar-refractivity contribution is 5.73. The molecule has 0 saturated heterocycles. The first-order valence-corrected chi connectivity index (χ1v) is 4.88. The van der Waals surface area contributed by atoms with Crippen LogP contribution in [0.1, 0.15) is 11.1 Å². The van der Waals surface area contributed by atoms with Crippen molar-refractivity contribution in [2.75, 3.05) is 0 Å². The minimum absolute atomic E-state index is 0.332. The molecule has 0 aromatic heterocycles. The summed E-state index contributed by atoms with van der Waals surface area (Å²) in [6, 6.07) is 8.99. The maximum Gasteiger partial charge on any atom is 0.320 e. The zero-order valence-electron chi connectivity index (χ0n) is 8.81. The Morgan fingerprint density at radius 1 is 1.31 bits per heavy atom. The van der Waals surface area contributed by atoms with Crippen molar-refractivity contribution in [3.63, 3.8) is 0 Å². The van der Waals surface area contributed by atoms with E-state index in [9.17, 15) is 4.79 Å². The summed E-state index contributed by atoms with van der Waals surface area (Å²) in [6.07, 6.45) is 0.931. The minimum atomic E-state index is -0.988. The molecule has 0 aliphatic rings. The lowest BCUT2D eigenvalue weighted by Gasteiger charge is -2.06. The van der Waals surface area contributed by atoms with Crippen molar-refractivity contribution in [1.29, 1.82) is 0 Å². The van der Waals surface area contributed by atoms with Crippen LogP contribution >= 0.6 is 0 Å². The van der Waals surface area contributed by atoms with E-state index in [1.807, 2.05) is 24.3 Å². The Labute approximate surface area is 94.3 Å². The summed E-state index contributed by atoms with van der Waals surface area (Å²) >= 11 is 0. The number of rotatable bonds is 4. The molecule has 0 heterocycles. The van der Waals surface area contributed by atoms with E-state index in [-0.39, 0.29) is 0 Å². The number of carboxylic acid groups (broad SMARTS) is 1. The van der Waals surface area contributed by atoms with E-state index in [0.29, 0.717) is 12.8 Å². The molecule has 4 heteroatoms. The molecular formula is C12H14N2O2. The second-order valence-corrected chi connectivity index (χ2v) is 3.46. The van der Waals surface area contributed by atoms with Crippen molar-refractivity contribution in [1.82, 2.24) is 0 Å². The van der Waals surface area contributed by atoms with Gasteiger partial charge in [0.15, 0.2) is 0 Å². The lowest BCUT2D eigenvalue weighted by atomic mass is 10.0. The molecule has 0 unspecified atom stereocenters. The van der Waals surface area contributed by atoms with Crippen LogP contribution in [0.5, 0.6) is 0 Å². The minimum Gasteiger partial charge on any atom is -0.480 e. The van der Waals surface area contributed by atoms with Gasteiger partial charge in [0.2, 0.25) is 0 Å². The van der Waals surface area contributed by atoms with Crippen LogP contribution in [-0.2, 0) is 17.6 Å². The van der Waals surface area contributed by atoms with Crippen molar-refractivity contribution in [2.24, 2.45) is 11.5 Å². The highest BCUT2D eigenvalue weighted by Crippen LogP contribution is 2.06. The number of aliphatic carboxylic acids is 1. The van der Waals surface area contributed by atoms with Crippen LogP contribution in [0.15, 0.2) is 24.3 Å². The van der Waals surface area contributed by atoms with Crippen molar-refractivity contribution < 1.29 is 9.90 Å². The number of nitrogens with two attached hydrogens (primary N) is 2. The average molecular weight is 218 g/mol. The van der Waals surface area contributed by atoms with E-state index in [2.05, 4.69) is 12.0 Å². The van der Waals surface area contributed by atoms with Gasteiger partial charge in [-0.1, -0.05) is 30.2 Å². The molecule has 1 atom stereocenters. The fourth-order valence-electron chi connectivity index (χ4n) is 1.29. The lowest BCUT2D eigenvalue weighted by Crippen LogP contribution is -2.32. The molecule has 0 fully saturated rings. The molecule has 0 saturated carbocycles. The SMILES string of the molecule is NC#CCc1ccc(C[C@H](N)C(=O)O)cc1. The second-order valence-electron chi connectivity index (χ2n) is 3.46. The van der Waals surface area contributed by atoms with Gasteiger partial charge in [-0.25, -0.2) is 0 Å². The van der Waals surface area contributed by atoms with E-state index in [4.69, 9.17) is 16.6 Å². The second kappa shape index (κ2) is 5.79. The molecule has 0 radical (unpaired) electrons. The summed E-state index contributed by atoms with van der Waals surface area (Å²) in [5, 5.41) is 8.66. The first kappa shape index (κ1) is 12.1. The maximum absolute atomic E-state index is 10.6. The smallest absolute Gasteiger partial charge is 0.320 e. The van der Waals surface area contributed by atoms with E-state index in [1.165, 1.54) is 0 Å². The summed E-state index contributed by atoms with van der Waals surface area (Å²) < 4.78 is 0. The molecule has 4 nitrogen and oxygen atoms in total. The first-order valence-electron chi connectivity index (χ1n) is 4.88. The summed E-state index contributed by atoms with van der Waals surface area (Å²) in [4.78, 5) is 10.6. The van der Waals surface area contributed by atoms with Crippen LogP contribution in [0, 0.1) is 12.0 Å². The van der Waals surface area contributed by atoms with Crippen LogP contribution in [0.4, 0.5) is 0 Å². The predicted octanol–water partition coefficient (Wildman–Crippen LogP) is 0.103. The molecule has 1 aromatic rings. The summed E-state index contributed by atoms with van der Waals surface area (Å²) in [5.74, 6) is 1.76. The normalized spacial score (nSPS) is 11.3. The number of carbonyl (C=O) groups is 1. The zero-order valence-corrected chi connectivity index (χ0v) is 8.81. The van der Waals surface area contributed by atoms with Gasteiger partial charge in [0.25, 0.3) is 0 Å². The zero-order chi connectivity index (χ0) is 12.0. The Hall–Kier alpha value is -1.99. The van der Waals surface area contributed by atoms with Gasteiger partial charge in [-0.15, -0.1) is 0 Å². The van der Waals surface area contributed by atoms with Crippen molar-refractivity contribution in [3.8, 4) is 12.0 Å². The van der Waals surface area contributed by atoms with Gasteiger partial charge in [0, 0.05) is 12.5 Å². The fraction of sp³-hybridized carbons (Fsp3) is 0.250. The average Bonchev–Trinajstić information content (AvgIpc) is 2.28. The third-order valence-corrected chi connectivity index (χ3v) is 2.19. The van der Waals surface area contributed by atoms with E-state index in [0.717, 1.165) is 11.1 Å². The molecule has 0 spiro atoms. The molecule has 0 bridgehead atoms. The summed E-state index contributed by atoms with van der Waals surface area (Å²) in [6.45, 7) is 0. The first-order chi connectivity index (χ1) is 7.63. The van der Waals surface area contributed by atoms with E-state index >= 15 is 0 Å². The Morgan fingerprint density at radius 3 is 2.38 bits per heavy atom. The topological polar surface area (TPSA) is 89.3 Å².